The zero-order valence-electron chi connectivity index (χ0n) is 14.1. The van der Waals surface area contributed by atoms with Gasteiger partial charge in [-0.05, 0) is 50.2 Å². The predicted octanol–water partition coefficient (Wildman–Crippen LogP) is 3.70. The van der Waals surface area contributed by atoms with Crippen LogP contribution in [0.25, 0.3) is 0 Å². The molecule has 6 nitrogen and oxygen atoms in total. The van der Waals surface area contributed by atoms with Crippen LogP contribution in [0.4, 0.5) is 5.69 Å². The molecule has 2 aromatic carbocycles. The van der Waals surface area contributed by atoms with Gasteiger partial charge in [0.1, 0.15) is 5.75 Å². The minimum Gasteiger partial charge on any atom is -0.494 e. The van der Waals surface area contributed by atoms with Crippen molar-refractivity contribution in [1.29, 1.82) is 0 Å². The van der Waals surface area contributed by atoms with Crippen LogP contribution >= 0.6 is 23.2 Å². The Bertz CT molecular complexity index is 866. The molecule has 0 saturated carbocycles. The van der Waals surface area contributed by atoms with Crippen molar-refractivity contribution < 1.29 is 17.9 Å². The fourth-order valence-corrected chi connectivity index (χ4v) is 3.78. The van der Waals surface area contributed by atoms with Crippen molar-refractivity contribution in [3.63, 3.8) is 0 Å². The van der Waals surface area contributed by atoms with Crippen LogP contribution in [0.1, 0.15) is 13.8 Å². The van der Waals surface area contributed by atoms with Crippen LogP contribution in [0.5, 0.6) is 5.75 Å². The molecule has 0 heterocycles. The molecule has 0 aliphatic rings. The van der Waals surface area contributed by atoms with Crippen molar-refractivity contribution in [3.8, 4) is 5.75 Å². The maximum atomic E-state index is 12.4. The van der Waals surface area contributed by atoms with Crippen LogP contribution in [-0.2, 0) is 14.8 Å². The molecular weight excluding hydrogens is 399 g/mol. The molecule has 0 unspecified atom stereocenters. The number of hydrogen-bond acceptors (Lipinski definition) is 4. The van der Waals surface area contributed by atoms with Crippen molar-refractivity contribution in [2.24, 2.45) is 0 Å². The second-order valence-electron chi connectivity index (χ2n) is 5.33. The molecule has 9 heteroatoms. The Morgan fingerprint density at radius 2 is 1.69 bits per heavy atom. The fourth-order valence-electron chi connectivity index (χ4n) is 2.08. The number of para-hydroxylation sites is 1. The Balaban J connectivity index is 2.09. The van der Waals surface area contributed by atoms with Gasteiger partial charge in [-0.2, -0.15) is 4.72 Å². The van der Waals surface area contributed by atoms with Gasteiger partial charge in [0.05, 0.1) is 33.3 Å². The van der Waals surface area contributed by atoms with E-state index in [0.717, 1.165) is 0 Å². The highest BCUT2D eigenvalue weighted by Gasteiger charge is 2.23. The molecule has 1 atom stereocenters. The third-order valence-corrected chi connectivity index (χ3v) is 5.57. The number of benzene rings is 2. The molecule has 0 fully saturated rings. The van der Waals surface area contributed by atoms with Crippen LogP contribution in [0.2, 0.25) is 10.0 Å². The first kappa shape index (κ1) is 20.5. The second-order valence-corrected chi connectivity index (χ2v) is 7.86. The summed E-state index contributed by atoms with van der Waals surface area (Å²) in [7, 11) is -3.88. The van der Waals surface area contributed by atoms with Gasteiger partial charge < -0.3 is 10.1 Å². The first-order chi connectivity index (χ1) is 12.2. The quantitative estimate of drug-likeness (QED) is 0.720. The number of amides is 1. The average Bonchev–Trinajstić information content (AvgIpc) is 2.58. The monoisotopic (exact) mass is 416 g/mol. The molecule has 0 spiro atoms. The summed E-state index contributed by atoms with van der Waals surface area (Å²) in [5, 5.41) is 3.04. The Hall–Kier alpha value is -1.80. The normalized spacial score (nSPS) is 12.5. The van der Waals surface area contributed by atoms with Crippen LogP contribution in [-0.4, -0.2) is 27.0 Å². The SMILES string of the molecule is CCOc1ccc(S(=O)(=O)N[C@@H](C)C(=O)Nc2c(Cl)cccc2Cl)cc1. The summed E-state index contributed by atoms with van der Waals surface area (Å²) >= 11 is 12.0. The molecule has 1 amide bonds. The van der Waals surface area contributed by atoms with Gasteiger partial charge in [0.25, 0.3) is 0 Å². The van der Waals surface area contributed by atoms with Crippen molar-refractivity contribution >= 4 is 44.8 Å². The summed E-state index contributed by atoms with van der Waals surface area (Å²) in [5.41, 5.74) is 0.230. The van der Waals surface area contributed by atoms with E-state index in [1.165, 1.54) is 19.1 Å². The molecule has 0 aromatic heterocycles. The minimum atomic E-state index is -3.88. The molecule has 2 N–H and O–H groups in total. The van der Waals surface area contributed by atoms with E-state index < -0.39 is 22.0 Å². The Kier molecular flexibility index (Phi) is 6.88. The topological polar surface area (TPSA) is 84.5 Å². The zero-order valence-corrected chi connectivity index (χ0v) is 16.5. The van der Waals surface area contributed by atoms with Crippen molar-refractivity contribution in [1.82, 2.24) is 4.72 Å². The van der Waals surface area contributed by atoms with E-state index in [-0.39, 0.29) is 20.6 Å². The first-order valence-electron chi connectivity index (χ1n) is 7.74. The Morgan fingerprint density at radius 1 is 1.12 bits per heavy atom. The molecule has 0 aliphatic heterocycles. The molecule has 26 heavy (non-hydrogen) atoms. The van der Waals surface area contributed by atoms with Gasteiger partial charge >= 0.3 is 0 Å². The summed E-state index contributed by atoms with van der Waals surface area (Å²) in [5.74, 6) is -0.0277. The van der Waals surface area contributed by atoms with Crippen molar-refractivity contribution in [2.45, 2.75) is 24.8 Å². The van der Waals surface area contributed by atoms with E-state index in [9.17, 15) is 13.2 Å². The first-order valence-corrected chi connectivity index (χ1v) is 9.98. The third kappa shape index (κ3) is 5.11. The van der Waals surface area contributed by atoms with Crippen LogP contribution in [0.15, 0.2) is 47.4 Å². The lowest BCUT2D eigenvalue weighted by atomic mass is 10.3. The van der Waals surface area contributed by atoms with Gasteiger partial charge in [-0.3, -0.25) is 4.79 Å². The molecule has 140 valence electrons. The van der Waals surface area contributed by atoms with Crippen LogP contribution < -0.4 is 14.8 Å². The number of carbonyl (C=O) groups is 1. The van der Waals surface area contributed by atoms with Crippen molar-refractivity contribution in [3.05, 3.63) is 52.5 Å². The number of carbonyl (C=O) groups excluding carboxylic acids is 1. The summed E-state index contributed by atoms with van der Waals surface area (Å²) < 4.78 is 32.4. The van der Waals surface area contributed by atoms with Gasteiger partial charge in [0.15, 0.2) is 0 Å². The van der Waals surface area contributed by atoms with Gasteiger partial charge in [-0.1, -0.05) is 29.3 Å². The Morgan fingerprint density at radius 3 is 2.23 bits per heavy atom. The van der Waals surface area contributed by atoms with Gasteiger partial charge in [0, 0.05) is 0 Å². The summed E-state index contributed by atoms with van der Waals surface area (Å²) in [6.45, 7) is 3.73. The standard InChI is InChI=1S/C17H18Cl2N2O4S/c1-3-25-12-7-9-13(10-8-12)26(23,24)21-11(2)17(22)20-16-14(18)5-4-6-15(16)19/h4-11,21H,3H2,1-2H3,(H,20,22)/t11-/m0/s1. The molecule has 0 bridgehead atoms. The maximum absolute atomic E-state index is 12.4. The van der Waals surface area contributed by atoms with E-state index in [1.807, 2.05) is 6.92 Å². The van der Waals surface area contributed by atoms with E-state index >= 15 is 0 Å². The van der Waals surface area contributed by atoms with Crippen LogP contribution in [0.3, 0.4) is 0 Å². The second kappa shape index (κ2) is 8.73. The maximum Gasteiger partial charge on any atom is 0.242 e. The highest BCUT2D eigenvalue weighted by atomic mass is 35.5. The average molecular weight is 417 g/mol. The zero-order chi connectivity index (χ0) is 19.3. The number of halogens is 2. The molecule has 0 saturated heterocycles. The number of rotatable bonds is 7. The number of anilines is 1. The molecule has 2 rings (SSSR count). The molecular formula is C17H18Cl2N2O4S. The van der Waals surface area contributed by atoms with E-state index in [1.54, 1.807) is 30.3 Å². The minimum absolute atomic E-state index is 0.0244. The highest BCUT2D eigenvalue weighted by molar-refractivity contribution is 7.89. The van der Waals surface area contributed by atoms with E-state index in [2.05, 4.69) is 10.0 Å². The summed E-state index contributed by atoms with van der Waals surface area (Å²) in [4.78, 5) is 12.3. The smallest absolute Gasteiger partial charge is 0.242 e. The largest absolute Gasteiger partial charge is 0.494 e. The van der Waals surface area contributed by atoms with Gasteiger partial charge in [-0.15, -0.1) is 0 Å². The van der Waals surface area contributed by atoms with E-state index in [4.69, 9.17) is 27.9 Å². The highest BCUT2D eigenvalue weighted by Crippen LogP contribution is 2.29. The third-order valence-electron chi connectivity index (χ3n) is 3.38. The van der Waals surface area contributed by atoms with Gasteiger partial charge in [-0.25, -0.2) is 8.42 Å². The molecule has 0 radical (unpaired) electrons. The fraction of sp³-hybridized carbons (Fsp3) is 0.235. The predicted molar refractivity (Wildman–Crippen MR) is 102 cm³/mol. The van der Waals surface area contributed by atoms with Crippen molar-refractivity contribution in [2.75, 3.05) is 11.9 Å². The van der Waals surface area contributed by atoms with Gasteiger partial charge in [0.2, 0.25) is 15.9 Å². The summed E-state index contributed by atoms with van der Waals surface area (Å²) in [6, 6.07) is 9.64. The van der Waals surface area contributed by atoms with Crippen LogP contribution in [0, 0.1) is 0 Å². The number of nitrogens with one attached hydrogen (secondary N) is 2. The number of hydrogen-bond donors (Lipinski definition) is 2. The number of ether oxygens (including phenoxy) is 1. The van der Waals surface area contributed by atoms with E-state index in [0.29, 0.717) is 12.4 Å². The molecule has 2 aromatic rings. The Labute approximate surface area is 162 Å². The summed E-state index contributed by atoms with van der Waals surface area (Å²) in [6.07, 6.45) is 0. The number of sulfonamides is 1. The lowest BCUT2D eigenvalue weighted by molar-refractivity contribution is -0.117. The lowest BCUT2D eigenvalue weighted by Crippen LogP contribution is -2.41. The molecule has 0 aliphatic carbocycles. The lowest BCUT2D eigenvalue weighted by Gasteiger charge is -2.16.